The third kappa shape index (κ3) is 1.67. The van der Waals surface area contributed by atoms with Gasteiger partial charge in [0.15, 0.2) is 0 Å². The predicted octanol–water partition coefficient (Wildman–Crippen LogP) is 2.34. The highest BCUT2D eigenvalue weighted by Crippen LogP contribution is 2.22. The number of hydrogen-bond acceptors (Lipinski definition) is 3. The molecule has 0 N–H and O–H groups in total. The minimum Gasteiger partial charge on any atom is -0.268 e. The Labute approximate surface area is 98.9 Å². The molecule has 2 heterocycles. The standard InChI is InChI=1S/C13H12N4/c1-9-6-14-8-12(16-9)10-3-4-13-11(5-10)7-15-17(13)2/h3-8H,1-2H3. The monoisotopic (exact) mass is 224 g/mol. The fourth-order valence-corrected chi connectivity index (χ4v) is 1.93. The lowest BCUT2D eigenvalue weighted by molar-refractivity contribution is 0.797. The average Bonchev–Trinajstić information content (AvgIpc) is 2.71. The Balaban J connectivity index is 2.18. The van der Waals surface area contributed by atoms with Gasteiger partial charge in [-0.25, -0.2) is 4.98 Å². The lowest BCUT2D eigenvalue weighted by atomic mass is 10.1. The van der Waals surface area contributed by atoms with Gasteiger partial charge in [-0.3, -0.25) is 9.67 Å². The van der Waals surface area contributed by atoms with Crippen LogP contribution < -0.4 is 0 Å². The molecule has 4 heteroatoms. The molecule has 3 rings (SSSR count). The first-order valence-corrected chi connectivity index (χ1v) is 5.45. The SMILES string of the molecule is Cc1cncc(-c2ccc3c(cnn3C)c2)n1. The third-order valence-corrected chi connectivity index (χ3v) is 2.80. The van der Waals surface area contributed by atoms with Gasteiger partial charge in [0.2, 0.25) is 0 Å². The van der Waals surface area contributed by atoms with Crippen molar-refractivity contribution in [2.24, 2.45) is 7.05 Å². The van der Waals surface area contributed by atoms with E-state index in [0.29, 0.717) is 0 Å². The Morgan fingerprint density at radius 1 is 1.12 bits per heavy atom. The van der Waals surface area contributed by atoms with Gasteiger partial charge in [0.1, 0.15) is 0 Å². The van der Waals surface area contributed by atoms with Crippen molar-refractivity contribution in [1.82, 2.24) is 19.7 Å². The molecule has 2 aromatic heterocycles. The molecule has 4 nitrogen and oxygen atoms in total. The Hall–Kier alpha value is -2.23. The molecular formula is C13H12N4. The summed E-state index contributed by atoms with van der Waals surface area (Å²) in [6.07, 6.45) is 5.40. The van der Waals surface area contributed by atoms with E-state index < -0.39 is 0 Å². The second-order valence-corrected chi connectivity index (χ2v) is 4.09. The zero-order valence-electron chi connectivity index (χ0n) is 9.75. The quantitative estimate of drug-likeness (QED) is 0.637. The maximum absolute atomic E-state index is 4.47. The fraction of sp³-hybridized carbons (Fsp3) is 0.154. The third-order valence-electron chi connectivity index (χ3n) is 2.80. The van der Waals surface area contributed by atoms with E-state index in [1.807, 2.05) is 30.9 Å². The van der Waals surface area contributed by atoms with E-state index in [4.69, 9.17) is 0 Å². The molecule has 0 atom stereocenters. The van der Waals surface area contributed by atoms with Crippen molar-refractivity contribution in [1.29, 1.82) is 0 Å². The molecule has 0 amide bonds. The second kappa shape index (κ2) is 3.66. The Morgan fingerprint density at radius 2 is 2.00 bits per heavy atom. The molecule has 0 unspecified atom stereocenters. The van der Waals surface area contributed by atoms with Gasteiger partial charge in [0.05, 0.1) is 29.3 Å². The summed E-state index contributed by atoms with van der Waals surface area (Å²) in [4.78, 5) is 8.63. The van der Waals surface area contributed by atoms with Gasteiger partial charge >= 0.3 is 0 Å². The summed E-state index contributed by atoms with van der Waals surface area (Å²) in [6.45, 7) is 1.94. The predicted molar refractivity (Wildman–Crippen MR) is 66.5 cm³/mol. The van der Waals surface area contributed by atoms with Crippen molar-refractivity contribution in [2.45, 2.75) is 6.92 Å². The molecular weight excluding hydrogens is 212 g/mol. The first-order chi connectivity index (χ1) is 8.24. The first kappa shape index (κ1) is 9.96. The van der Waals surface area contributed by atoms with Gasteiger partial charge in [0.25, 0.3) is 0 Å². The van der Waals surface area contributed by atoms with Crippen molar-refractivity contribution < 1.29 is 0 Å². The van der Waals surface area contributed by atoms with Crippen LogP contribution in [-0.4, -0.2) is 19.7 Å². The van der Waals surface area contributed by atoms with E-state index in [-0.39, 0.29) is 0 Å². The molecule has 0 fully saturated rings. The van der Waals surface area contributed by atoms with Gasteiger partial charge in [-0.1, -0.05) is 6.07 Å². The number of fused-ring (bicyclic) bond motifs is 1. The molecule has 0 aliphatic carbocycles. The molecule has 0 saturated carbocycles. The summed E-state index contributed by atoms with van der Waals surface area (Å²) in [5.41, 5.74) is 4.01. The highest BCUT2D eigenvalue weighted by atomic mass is 15.2. The van der Waals surface area contributed by atoms with Crippen LogP contribution in [-0.2, 0) is 7.05 Å². The Morgan fingerprint density at radius 3 is 2.82 bits per heavy atom. The summed E-state index contributed by atoms with van der Waals surface area (Å²) >= 11 is 0. The number of nitrogens with zero attached hydrogens (tertiary/aromatic N) is 4. The van der Waals surface area contributed by atoms with Crippen molar-refractivity contribution >= 4 is 10.9 Å². The van der Waals surface area contributed by atoms with E-state index in [0.717, 1.165) is 27.9 Å². The van der Waals surface area contributed by atoms with E-state index in [2.05, 4.69) is 27.2 Å². The molecule has 0 spiro atoms. The van der Waals surface area contributed by atoms with Crippen molar-refractivity contribution in [3.05, 3.63) is 42.5 Å². The second-order valence-electron chi connectivity index (χ2n) is 4.09. The Bertz CT molecular complexity index is 685. The first-order valence-electron chi connectivity index (χ1n) is 5.45. The van der Waals surface area contributed by atoms with E-state index >= 15 is 0 Å². The summed E-state index contributed by atoms with van der Waals surface area (Å²) < 4.78 is 1.86. The maximum atomic E-state index is 4.47. The van der Waals surface area contributed by atoms with Gasteiger partial charge in [0, 0.05) is 24.2 Å². The lowest BCUT2D eigenvalue weighted by Gasteiger charge is -2.02. The van der Waals surface area contributed by atoms with Crippen LogP contribution in [0.2, 0.25) is 0 Å². The number of aryl methyl sites for hydroxylation is 2. The van der Waals surface area contributed by atoms with Crippen molar-refractivity contribution in [3.8, 4) is 11.3 Å². The van der Waals surface area contributed by atoms with Gasteiger partial charge in [-0.2, -0.15) is 5.10 Å². The number of benzene rings is 1. The zero-order valence-corrected chi connectivity index (χ0v) is 9.75. The zero-order chi connectivity index (χ0) is 11.8. The van der Waals surface area contributed by atoms with Gasteiger partial charge in [-0.05, 0) is 19.1 Å². The van der Waals surface area contributed by atoms with Crippen LogP contribution in [0.15, 0.2) is 36.8 Å². The fourth-order valence-electron chi connectivity index (χ4n) is 1.93. The smallest absolute Gasteiger partial charge is 0.0888 e. The van der Waals surface area contributed by atoms with Crippen molar-refractivity contribution in [3.63, 3.8) is 0 Å². The summed E-state index contributed by atoms with van der Waals surface area (Å²) in [5, 5.41) is 5.35. The molecule has 0 aliphatic heterocycles. The van der Waals surface area contributed by atoms with Gasteiger partial charge < -0.3 is 0 Å². The van der Waals surface area contributed by atoms with E-state index in [1.54, 1.807) is 12.4 Å². The molecule has 0 bridgehead atoms. The van der Waals surface area contributed by atoms with Gasteiger partial charge in [-0.15, -0.1) is 0 Å². The summed E-state index contributed by atoms with van der Waals surface area (Å²) in [6, 6.07) is 6.20. The van der Waals surface area contributed by atoms with E-state index in [9.17, 15) is 0 Å². The molecule has 1 aromatic carbocycles. The summed E-state index contributed by atoms with van der Waals surface area (Å²) in [5.74, 6) is 0. The Kier molecular flexibility index (Phi) is 2.14. The highest BCUT2D eigenvalue weighted by molar-refractivity contribution is 5.83. The van der Waals surface area contributed by atoms with Crippen molar-refractivity contribution in [2.75, 3.05) is 0 Å². The largest absolute Gasteiger partial charge is 0.268 e. The maximum Gasteiger partial charge on any atom is 0.0888 e. The highest BCUT2D eigenvalue weighted by Gasteiger charge is 2.04. The molecule has 0 saturated heterocycles. The van der Waals surface area contributed by atoms with Crippen LogP contribution in [0.5, 0.6) is 0 Å². The van der Waals surface area contributed by atoms with Crippen LogP contribution in [0.25, 0.3) is 22.2 Å². The number of rotatable bonds is 1. The minimum atomic E-state index is 0.899. The van der Waals surface area contributed by atoms with Crippen LogP contribution in [0.1, 0.15) is 5.69 Å². The van der Waals surface area contributed by atoms with Crippen LogP contribution >= 0.6 is 0 Å². The molecule has 3 aromatic rings. The lowest BCUT2D eigenvalue weighted by Crippen LogP contribution is -1.90. The summed E-state index contributed by atoms with van der Waals surface area (Å²) in [7, 11) is 1.94. The molecule has 0 aliphatic rings. The van der Waals surface area contributed by atoms with Crippen LogP contribution in [0.4, 0.5) is 0 Å². The molecule has 0 radical (unpaired) electrons. The number of hydrogen-bond donors (Lipinski definition) is 0. The minimum absolute atomic E-state index is 0.899. The molecule has 17 heavy (non-hydrogen) atoms. The van der Waals surface area contributed by atoms with Crippen LogP contribution in [0.3, 0.4) is 0 Å². The normalized spacial score (nSPS) is 10.9. The molecule has 84 valence electrons. The topological polar surface area (TPSA) is 43.6 Å². The van der Waals surface area contributed by atoms with Crippen LogP contribution in [0, 0.1) is 6.92 Å². The van der Waals surface area contributed by atoms with E-state index in [1.165, 1.54) is 0 Å². The number of aromatic nitrogens is 4. The average molecular weight is 224 g/mol.